The molecule has 14 rings (SSSR count). The van der Waals surface area contributed by atoms with Gasteiger partial charge in [-0.05, 0) is 117 Å². The molecule has 4 nitrogen and oxygen atoms in total. The zero-order chi connectivity index (χ0) is 50.4. The van der Waals surface area contributed by atoms with E-state index in [1.54, 1.807) is 0 Å². The van der Waals surface area contributed by atoms with Gasteiger partial charge in [0.25, 0.3) is 0 Å². The highest BCUT2D eigenvalue weighted by atomic mass is 16.3. The quantitative estimate of drug-likeness (QED) is 0.129. The van der Waals surface area contributed by atoms with E-state index in [-0.39, 0.29) is 0 Å². The minimum absolute atomic E-state index is 0.845. The number of hydrogen-bond acceptors (Lipinski definition) is 4. The maximum absolute atomic E-state index is 7.04. The van der Waals surface area contributed by atoms with Crippen LogP contribution in [0, 0.1) is 0 Å². The first kappa shape index (κ1) is 44.5. The van der Waals surface area contributed by atoms with Crippen molar-refractivity contribution in [2.75, 3.05) is 9.80 Å². The van der Waals surface area contributed by atoms with Gasteiger partial charge < -0.3 is 18.6 Å². The molecule has 0 aliphatic heterocycles. The lowest BCUT2D eigenvalue weighted by Gasteiger charge is -2.26. The van der Waals surface area contributed by atoms with Gasteiger partial charge in [-0.15, -0.1) is 0 Å². The van der Waals surface area contributed by atoms with E-state index in [1.165, 1.54) is 27.8 Å². The maximum Gasteiger partial charge on any atom is 0.159 e. The second kappa shape index (κ2) is 19.0. The van der Waals surface area contributed by atoms with Crippen molar-refractivity contribution in [2.45, 2.75) is 0 Å². The summed E-state index contributed by atoms with van der Waals surface area (Å²) in [5, 5.41) is 4.34. The van der Waals surface area contributed by atoms with Gasteiger partial charge >= 0.3 is 0 Å². The molecule has 0 amide bonds. The van der Waals surface area contributed by atoms with Crippen LogP contribution >= 0.6 is 0 Å². The molecule has 2 heterocycles. The minimum atomic E-state index is 0.845. The van der Waals surface area contributed by atoms with Crippen LogP contribution in [0.2, 0.25) is 0 Å². The smallest absolute Gasteiger partial charge is 0.159 e. The molecule has 4 heteroatoms. The average molecular weight is 973 g/mol. The van der Waals surface area contributed by atoms with E-state index in [0.29, 0.717) is 0 Å². The standard InChI is InChI=1S/C72H48N2O2/c1-4-15-49(16-5-1)52-29-39-57(40-30-52)73(58-41-31-53(32-42-58)50-17-6-2-7-18-50)59-45-35-55(36-46-59)62-22-12-24-66-67-25-13-23-63(71(67)76-70(62)66)56-37-47-61(48-38-56)74(60-43-33-54(34-44-60)51-19-8-3-9-20-51)68-27-14-26-65-64-21-10-11-28-69(64)75-72(65)68/h1-48H. The first-order valence-electron chi connectivity index (χ1n) is 25.8. The number of rotatable bonds is 11. The molecule has 0 N–H and O–H groups in total. The Morgan fingerprint density at radius 1 is 0.197 bits per heavy atom. The van der Waals surface area contributed by atoms with E-state index >= 15 is 0 Å². The monoisotopic (exact) mass is 972 g/mol. The predicted molar refractivity (Wildman–Crippen MR) is 318 cm³/mol. The lowest BCUT2D eigenvalue weighted by molar-refractivity contribution is 0.669. The summed E-state index contributed by atoms with van der Waals surface area (Å²) in [6.45, 7) is 0. The summed E-state index contributed by atoms with van der Waals surface area (Å²) >= 11 is 0. The largest absolute Gasteiger partial charge is 0.455 e. The van der Waals surface area contributed by atoms with E-state index in [2.05, 4.69) is 289 Å². The predicted octanol–water partition coefficient (Wildman–Crippen LogP) is 20.8. The number of hydrogen-bond donors (Lipinski definition) is 0. The van der Waals surface area contributed by atoms with Gasteiger partial charge in [0.05, 0.1) is 5.69 Å². The number of nitrogens with zero attached hydrogens (tertiary/aromatic N) is 2. The Hall–Kier alpha value is -10.2. The molecular weight excluding hydrogens is 925 g/mol. The summed E-state index contributed by atoms with van der Waals surface area (Å²) in [7, 11) is 0. The highest BCUT2D eigenvalue weighted by Gasteiger charge is 2.22. The fourth-order valence-electron chi connectivity index (χ4n) is 10.9. The van der Waals surface area contributed by atoms with Crippen LogP contribution in [0.1, 0.15) is 0 Å². The Morgan fingerprint density at radius 3 is 0.934 bits per heavy atom. The van der Waals surface area contributed by atoms with Crippen molar-refractivity contribution in [3.63, 3.8) is 0 Å². The summed E-state index contributed by atoms with van der Waals surface area (Å²) in [6, 6.07) is 103. The third-order valence-corrected chi connectivity index (χ3v) is 14.7. The molecule has 0 bridgehead atoms. The molecule has 0 saturated heterocycles. The second-order valence-corrected chi connectivity index (χ2v) is 19.2. The molecule has 0 saturated carbocycles. The fraction of sp³-hybridized carbons (Fsp3) is 0. The molecular formula is C72H48N2O2. The Kier molecular flexibility index (Phi) is 11.2. The van der Waals surface area contributed by atoms with E-state index in [0.717, 1.165) is 106 Å². The van der Waals surface area contributed by atoms with Crippen molar-refractivity contribution in [3.05, 3.63) is 291 Å². The van der Waals surface area contributed by atoms with Gasteiger partial charge in [-0.25, -0.2) is 0 Å². The van der Waals surface area contributed by atoms with Gasteiger partial charge in [-0.3, -0.25) is 0 Å². The van der Waals surface area contributed by atoms with E-state index < -0.39 is 0 Å². The van der Waals surface area contributed by atoms with Crippen molar-refractivity contribution in [2.24, 2.45) is 0 Å². The Labute approximate surface area is 441 Å². The van der Waals surface area contributed by atoms with E-state index in [4.69, 9.17) is 8.83 Å². The van der Waals surface area contributed by atoms with Crippen molar-refractivity contribution < 1.29 is 8.83 Å². The summed E-state index contributed by atoms with van der Waals surface area (Å²) in [4.78, 5) is 4.62. The van der Waals surface area contributed by atoms with E-state index in [1.807, 2.05) is 12.1 Å². The molecule has 2 aromatic heterocycles. The summed E-state index contributed by atoms with van der Waals surface area (Å²) in [5.41, 5.74) is 21.0. The molecule has 76 heavy (non-hydrogen) atoms. The van der Waals surface area contributed by atoms with Crippen LogP contribution in [0.3, 0.4) is 0 Å². The van der Waals surface area contributed by atoms with Crippen LogP contribution < -0.4 is 9.80 Å². The summed E-state index contributed by atoms with van der Waals surface area (Å²) < 4.78 is 13.7. The van der Waals surface area contributed by atoms with Gasteiger partial charge in [-0.1, -0.05) is 218 Å². The Balaban J connectivity index is 0.814. The molecule has 0 atom stereocenters. The van der Waals surface area contributed by atoms with Gasteiger partial charge in [-0.2, -0.15) is 0 Å². The number of furan rings is 2. The van der Waals surface area contributed by atoms with Crippen molar-refractivity contribution in [1.29, 1.82) is 0 Å². The molecule has 358 valence electrons. The van der Waals surface area contributed by atoms with Gasteiger partial charge in [0.1, 0.15) is 16.7 Å². The van der Waals surface area contributed by atoms with Gasteiger partial charge in [0.15, 0.2) is 5.58 Å². The molecule has 14 aromatic rings. The highest BCUT2D eigenvalue weighted by molar-refractivity contribution is 6.13. The number of fused-ring (bicyclic) bond motifs is 6. The topological polar surface area (TPSA) is 32.8 Å². The number of benzene rings is 12. The highest BCUT2D eigenvalue weighted by Crippen LogP contribution is 2.45. The van der Waals surface area contributed by atoms with Crippen molar-refractivity contribution >= 4 is 78.0 Å². The summed E-state index contributed by atoms with van der Waals surface area (Å²) in [6.07, 6.45) is 0. The van der Waals surface area contributed by atoms with E-state index in [9.17, 15) is 0 Å². The Bertz CT molecular complexity index is 4250. The molecule has 0 radical (unpaired) electrons. The normalized spacial score (nSPS) is 11.4. The summed E-state index contributed by atoms with van der Waals surface area (Å²) in [5.74, 6) is 0. The number of para-hydroxylation sites is 4. The zero-order valence-electron chi connectivity index (χ0n) is 41.4. The first-order valence-corrected chi connectivity index (χ1v) is 25.8. The molecule has 0 aliphatic rings. The Morgan fingerprint density at radius 2 is 0.513 bits per heavy atom. The third-order valence-electron chi connectivity index (χ3n) is 14.7. The van der Waals surface area contributed by atoms with Crippen molar-refractivity contribution in [1.82, 2.24) is 0 Å². The third kappa shape index (κ3) is 8.06. The van der Waals surface area contributed by atoms with Crippen LogP contribution in [0.4, 0.5) is 34.1 Å². The van der Waals surface area contributed by atoms with Crippen LogP contribution in [-0.4, -0.2) is 0 Å². The number of anilines is 6. The average Bonchev–Trinajstić information content (AvgIpc) is 4.09. The van der Waals surface area contributed by atoms with Gasteiger partial charge in [0.2, 0.25) is 0 Å². The van der Waals surface area contributed by atoms with Gasteiger partial charge in [0, 0.05) is 61.1 Å². The molecule has 12 aromatic carbocycles. The molecule has 0 aliphatic carbocycles. The zero-order valence-corrected chi connectivity index (χ0v) is 41.4. The van der Waals surface area contributed by atoms with Crippen LogP contribution in [0.15, 0.2) is 300 Å². The van der Waals surface area contributed by atoms with Crippen LogP contribution in [-0.2, 0) is 0 Å². The minimum Gasteiger partial charge on any atom is -0.455 e. The van der Waals surface area contributed by atoms with Crippen LogP contribution in [0.5, 0.6) is 0 Å². The van der Waals surface area contributed by atoms with Crippen molar-refractivity contribution in [3.8, 4) is 55.6 Å². The lowest BCUT2D eigenvalue weighted by Crippen LogP contribution is -2.10. The molecule has 0 fully saturated rings. The first-order chi connectivity index (χ1) is 37.7. The molecule has 0 unspecified atom stereocenters. The molecule has 0 spiro atoms. The SMILES string of the molecule is c1ccc(-c2ccc(N(c3ccc(-c4ccccc4)cc3)c3ccc(-c4cccc5c4oc4c(-c6ccc(N(c7ccc(-c8ccccc8)cc7)c7cccc8c7oc7ccccc78)cc6)cccc45)cc3)cc2)cc1. The second-order valence-electron chi connectivity index (χ2n) is 19.2. The fourth-order valence-corrected chi connectivity index (χ4v) is 10.9. The lowest BCUT2D eigenvalue weighted by atomic mass is 9.99. The maximum atomic E-state index is 7.04. The van der Waals surface area contributed by atoms with Crippen LogP contribution in [0.25, 0.3) is 99.5 Å².